The SMILES string of the molecule is O=C(Cn1cnc2sc3c(c2c1=O)CCCC3)N(C1CCCCC1)C1CCS(=O)(=O)C1. The van der Waals surface area contributed by atoms with Crippen molar-refractivity contribution >= 4 is 37.3 Å². The van der Waals surface area contributed by atoms with Gasteiger partial charge in [-0.2, -0.15) is 0 Å². The van der Waals surface area contributed by atoms with Crippen molar-refractivity contribution in [3.63, 3.8) is 0 Å². The van der Waals surface area contributed by atoms with Gasteiger partial charge in [-0.25, -0.2) is 13.4 Å². The van der Waals surface area contributed by atoms with Gasteiger partial charge in [0.2, 0.25) is 5.91 Å². The molecular formula is C22H29N3O4S2. The van der Waals surface area contributed by atoms with Gasteiger partial charge in [0, 0.05) is 17.0 Å². The minimum absolute atomic E-state index is 0.0411. The number of aromatic nitrogens is 2. The van der Waals surface area contributed by atoms with Gasteiger partial charge in [-0.15, -0.1) is 11.3 Å². The summed E-state index contributed by atoms with van der Waals surface area (Å²) < 4.78 is 25.7. The molecule has 9 heteroatoms. The van der Waals surface area contributed by atoms with Gasteiger partial charge in [-0.3, -0.25) is 14.2 Å². The van der Waals surface area contributed by atoms with Crippen LogP contribution in [0.1, 0.15) is 61.8 Å². The molecule has 0 aromatic carbocycles. The first-order valence-corrected chi connectivity index (χ1v) is 14.1. The van der Waals surface area contributed by atoms with Crippen LogP contribution in [0.4, 0.5) is 0 Å². The Morgan fingerprint density at radius 3 is 2.61 bits per heavy atom. The molecular weight excluding hydrogens is 434 g/mol. The van der Waals surface area contributed by atoms with Gasteiger partial charge in [0.1, 0.15) is 11.4 Å². The molecule has 1 unspecified atom stereocenters. The van der Waals surface area contributed by atoms with Crippen molar-refractivity contribution in [1.29, 1.82) is 0 Å². The number of hydrogen-bond acceptors (Lipinski definition) is 6. The molecule has 0 radical (unpaired) electrons. The summed E-state index contributed by atoms with van der Waals surface area (Å²) in [5.74, 6) is 0.0311. The molecule has 31 heavy (non-hydrogen) atoms. The van der Waals surface area contributed by atoms with Crippen LogP contribution in [-0.2, 0) is 34.0 Å². The number of hydrogen-bond donors (Lipinski definition) is 0. The Bertz CT molecular complexity index is 1160. The van der Waals surface area contributed by atoms with E-state index < -0.39 is 9.84 Å². The average Bonchev–Trinajstić information content (AvgIpc) is 3.31. The summed E-state index contributed by atoms with van der Waals surface area (Å²) in [6, 6.07) is -0.206. The van der Waals surface area contributed by atoms with Crippen molar-refractivity contribution in [3.05, 3.63) is 27.1 Å². The molecule has 0 spiro atoms. The highest BCUT2D eigenvalue weighted by molar-refractivity contribution is 7.91. The Labute approximate surface area is 186 Å². The molecule has 1 saturated carbocycles. The van der Waals surface area contributed by atoms with Gasteiger partial charge in [-0.1, -0.05) is 19.3 Å². The molecule has 7 nitrogen and oxygen atoms in total. The molecule has 1 atom stereocenters. The Morgan fingerprint density at radius 1 is 1.10 bits per heavy atom. The molecule has 1 saturated heterocycles. The van der Waals surface area contributed by atoms with E-state index >= 15 is 0 Å². The summed E-state index contributed by atoms with van der Waals surface area (Å²) in [6.45, 7) is -0.0700. The predicted molar refractivity (Wildman–Crippen MR) is 121 cm³/mol. The fourth-order valence-electron chi connectivity index (χ4n) is 5.58. The lowest BCUT2D eigenvalue weighted by atomic mass is 9.93. The highest BCUT2D eigenvalue weighted by Gasteiger charge is 2.38. The third kappa shape index (κ3) is 4.06. The summed E-state index contributed by atoms with van der Waals surface area (Å²) in [4.78, 5) is 35.1. The third-order valence-electron chi connectivity index (χ3n) is 7.11. The highest BCUT2D eigenvalue weighted by atomic mass is 32.2. The van der Waals surface area contributed by atoms with Crippen LogP contribution >= 0.6 is 11.3 Å². The second-order valence-electron chi connectivity index (χ2n) is 9.22. The first-order valence-electron chi connectivity index (χ1n) is 11.4. The first-order chi connectivity index (χ1) is 14.9. The van der Waals surface area contributed by atoms with Crippen LogP contribution in [0.2, 0.25) is 0 Å². The zero-order valence-corrected chi connectivity index (χ0v) is 19.3. The standard InChI is InChI=1S/C22H29N3O4S2/c26-19(25(15-6-2-1-3-7-15)16-10-11-31(28,29)13-16)12-24-14-23-21-20(22(24)27)17-8-4-5-9-18(17)30-21/h14-16H,1-13H2. The van der Waals surface area contributed by atoms with E-state index in [2.05, 4.69) is 4.98 Å². The van der Waals surface area contributed by atoms with E-state index in [-0.39, 0.29) is 41.6 Å². The summed E-state index contributed by atoms with van der Waals surface area (Å²) in [6.07, 6.45) is 11.2. The Hall–Kier alpha value is -1.74. The van der Waals surface area contributed by atoms with Crippen LogP contribution in [0.3, 0.4) is 0 Å². The van der Waals surface area contributed by atoms with Crippen LogP contribution in [0.5, 0.6) is 0 Å². The number of aryl methyl sites for hydroxylation is 2. The minimum Gasteiger partial charge on any atom is -0.334 e. The molecule has 1 amide bonds. The summed E-state index contributed by atoms with van der Waals surface area (Å²) in [7, 11) is -3.10. The van der Waals surface area contributed by atoms with Gasteiger partial charge < -0.3 is 4.90 Å². The number of carbonyl (C=O) groups excluding carboxylic acids is 1. The van der Waals surface area contributed by atoms with Crippen LogP contribution in [0.25, 0.3) is 10.2 Å². The number of nitrogens with zero attached hydrogens (tertiary/aromatic N) is 3. The molecule has 5 rings (SSSR count). The molecule has 0 bridgehead atoms. The van der Waals surface area contributed by atoms with Gasteiger partial charge in [-0.05, 0) is 50.5 Å². The van der Waals surface area contributed by atoms with E-state index in [9.17, 15) is 18.0 Å². The van der Waals surface area contributed by atoms with E-state index in [0.29, 0.717) is 11.8 Å². The Kier molecular flexibility index (Phi) is 5.66. The molecule has 2 aromatic heterocycles. The van der Waals surface area contributed by atoms with Crippen LogP contribution in [0.15, 0.2) is 11.1 Å². The number of carbonyl (C=O) groups is 1. The molecule has 2 aliphatic carbocycles. The van der Waals surface area contributed by atoms with Crippen LogP contribution < -0.4 is 5.56 Å². The van der Waals surface area contributed by atoms with E-state index in [1.807, 2.05) is 4.90 Å². The second kappa shape index (κ2) is 8.31. The fraction of sp³-hybridized carbons (Fsp3) is 0.682. The summed E-state index contributed by atoms with van der Waals surface area (Å²) in [5, 5.41) is 0.683. The maximum atomic E-state index is 13.5. The lowest BCUT2D eigenvalue weighted by Crippen LogP contribution is -2.50. The fourth-order valence-corrected chi connectivity index (χ4v) is 8.51. The molecule has 168 valence electrons. The van der Waals surface area contributed by atoms with E-state index in [4.69, 9.17) is 0 Å². The molecule has 3 heterocycles. The van der Waals surface area contributed by atoms with Crippen molar-refractivity contribution in [3.8, 4) is 0 Å². The third-order valence-corrected chi connectivity index (χ3v) is 10.1. The van der Waals surface area contributed by atoms with E-state index in [0.717, 1.165) is 68.2 Å². The van der Waals surface area contributed by atoms with Crippen molar-refractivity contribution in [2.45, 2.75) is 82.8 Å². The molecule has 2 aromatic rings. The second-order valence-corrected chi connectivity index (χ2v) is 12.5. The monoisotopic (exact) mass is 463 g/mol. The zero-order valence-electron chi connectivity index (χ0n) is 17.7. The maximum Gasteiger partial charge on any atom is 0.262 e. The van der Waals surface area contributed by atoms with Crippen molar-refractivity contribution < 1.29 is 13.2 Å². The molecule has 1 aliphatic heterocycles. The number of thiophene rings is 1. The maximum absolute atomic E-state index is 13.5. The minimum atomic E-state index is -3.10. The normalized spacial score (nSPS) is 23.7. The Morgan fingerprint density at radius 2 is 1.87 bits per heavy atom. The Balaban J connectivity index is 1.45. The van der Waals surface area contributed by atoms with Gasteiger partial charge >= 0.3 is 0 Å². The molecule has 0 N–H and O–H groups in total. The van der Waals surface area contributed by atoms with E-state index in [1.165, 1.54) is 15.8 Å². The van der Waals surface area contributed by atoms with Gasteiger partial charge in [0.15, 0.2) is 9.84 Å². The van der Waals surface area contributed by atoms with Gasteiger partial charge in [0.25, 0.3) is 5.56 Å². The van der Waals surface area contributed by atoms with Crippen molar-refractivity contribution in [1.82, 2.24) is 14.5 Å². The first kappa shape index (κ1) is 21.1. The van der Waals surface area contributed by atoms with Crippen molar-refractivity contribution in [2.24, 2.45) is 0 Å². The highest BCUT2D eigenvalue weighted by Crippen LogP contribution is 2.33. The zero-order chi connectivity index (χ0) is 21.6. The average molecular weight is 464 g/mol. The number of amides is 1. The van der Waals surface area contributed by atoms with E-state index in [1.54, 1.807) is 11.3 Å². The summed E-state index contributed by atoms with van der Waals surface area (Å²) >= 11 is 1.60. The molecule has 3 aliphatic rings. The van der Waals surface area contributed by atoms with Gasteiger partial charge in [0.05, 0.1) is 23.2 Å². The topological polar surface area (TPSA) is 89.3 Å². The molecule has 2 fully saturated rings. The van der Waals surface area contributed by atoms with Crippen LogP contribution in [-0.4, -0.2) is 52.4 Å². The number of rotatable bonds is 4. The predicted octanol–water partition coefficient (Wildman–Crippen LogP) is 2.69. The number of fused-ring (bicyclic) bond motifs is 3. The quantitative estimate of drug-likeness (QED) is 0.696. The van der Waals surface area contributed by atoms with Crippen LogP contribution in [0, 0.1) is 0 Å². The lowest BCUT2D eigenvalue weighted by molar-refractivity contribution is -0.137. The van der Waals surface area contributed by atoms with Crippen molar-refractivity contribution in [2.75, 3.05) is 11.5 Å². The smallest absolute Gasteiger partial charge is 0.262 e. The number of sulfone groups is 1. The summed E-state index contributed by atoms with van der Waals surface area (Å²) in [5.41, 5.74) is 0.983. The lowest BCUT2D eigenvalue weighted by Gasteiger charge is -2.38. The largest absolute Gasteiger partial charge is 0.334 e.